The lowest BCUT2D eigenvalue weighted by Crippen LogP contribution is -2.18. The van der Waals surface area contributed by atoms with Gasteiger partial charge in [0.05, 0.1) is 15.7 Å². The Morgan fingerprint density at radius 2 is 1.53 bits per heavy atom. The summed E-state index contributed by atoms with van der Waals surface area (Å²) < 4.78 is 80.9. The van der Waals surface area contributed by atoms with E-state index in [0.29, 0.717) is 0 Å². The van der Waals surface area contributed by atoms with E-state index in [1.165, 1.54) is 42.5 Å². The second-order valence-electron chi connectivity index (χ2n) is 6.09. The van der Waals surface area contributed by atoms with Gasteiger partial charge in [0.1, 0.15) is 0 Å². The second-order valence-corrected chi connectivity index (χ2v) is 6.77. The Bertz CT molecular complexity index is 1070. The Hall–Kier alpha value is -2.57. The summed E-state index contributed by atoms with van der Waals surface area (Å²) in [5.41, 5.74) is -3.27. The second kappa shape index (κ2) is 8.28. The normalized spacial score (nSPS) is 12.1. The summed E-state index contributed by atoms with van der Waals surface area (Å²) in [6.07, 6.45) is -8.58. The minimum Gasteiger partial charge on any atom is -0.321 e. The molecule has 3 rings (SSSR count). The molecule has 0 bridgehead atoms. The van der Waals surface area contributed by atoms with Crippen molar-refractivity contribution in [2.75, 3.05) is 5.32 Å². The zero-order valence-corrected chi connectivity index (χ0v) is 17.0. The fraction of sp³-hybridized carbons (Fsp3) is 0.158. The molecule has 3 aromatic rings. The van der Waals surface area contributed by atoms with Crippen molar-refractivity contribution in [2.24, 2.45) is 0 Å². The Labute approximate surface area is 180 Å². The van der Waals surface area contributed by atoms with Crippen LogP contribution in [0.15, 0.2) is 54.7 Å². The highest BCUT2D eigenvalue weighted by molar-refractivity contribution is 14.1. The standard InChI is InChI=1S/C19H12F6IN3O/c20-18(21,22)14-7-3-1-5-11(14)12-6-2-4-8-15(12)27-17(30)13-9-29(10-26)28-16(13)19(23,24)25/h1-9H,10H2,(H,27,30). The van der Waals surface area contributed by atoms with Gasteiger partial charge >= 0.3 is 12.4 Å². The molecule has 30 heavy (non-hydrogen) atoms. The molecular formula is C19H12F6IN3O. The van der Waals surface area contributed by atoms with E-state index < -0.39 is 35.1 Å². The fourth-order valence-corrected chi connectivity index (χ4v) is 3.19. The van der Waals surface area contributed by atoms with E-state index in [-0.39, 0.29) is 21.4 Å². The number of carbonyl (C=O) groups excluding carboxylic acids is 1. The summed E-state index contributed by atoms with van der Waals surface area (Å²) in [5, 5.41) is 5.66. The summed E-state index contributed by atoms with van der Waals surface area (Å²) in [6.45, 7) is 0. The zero-order chi connectivity index (χ0) is 22.1. The number of alkyl halides is 7. The summed E-state index contributed by atoms with van der Waals surface area (Å²) >= 11 is 1.78. The van der Waals surface area contributed by atoms with Crippen LogP contribution in [0.3, 0.4) is 0 Å². The van der Waals surface area contributed by atoms with Gasteiger partial charge in [0.15, 0.2) is 5.69 Å². The number of anilines is 1. The Morgan fingerprint density at radius 3 is 2.13 bits per heavy atom. The highest BCUT2D eigenvalue weighted by Gasteiger charge is 2.39. The third-order valence-electron chi connectivity index (χ3n) is 4.10. The van der Waals surface area contributed by atoms with Crippen LogP contribution in [0.1, 0.15) is 21.6 Å². The third kappa shape index (κ3) is 4.60. The van der Waals surface area contributed by atoms with E-state index in [1.54, 1.807) is 22.6 Å². The van der Waals surface area contributed by atoms with Gasteiger partial charge in [-0.3, -0.25) is 9.48 Å². The molecule has 1 amide bonds. The van der Waals surface area contributed by atoms with Crippen LogP contribution in [0.4, 0.5) is 32.0 Å². The number of nitrogens with zero attached hydrogens (tertiary/aromatic N) is 2. The van der Waals surface area contributed by atoms with Gasteiger partial charge in [-0.15, -0.1) is 0 Å². The van der Waals surface area contributed by atoms with Gasteiger partial charge in [0.2, 0.25) is 0 Å². The van der Waals surface area contributed by atoms with Gasteiger partial charge in [-0.25, -0.2) is 0 Å². The molecule has 4 nitrogen and oxygen atoms in total. The first-order valence-electron chi connectivity index (χ1n) is 8.30. The van der Waals surface area contributed by atoms with E-state index >= 15 is 0 Å². The average Bonchev–Trinajstić information content (AvgIpc) is 3.13. The number of benzene rings is 2. The minimum absolute atomic E-state index is 0.0219. The highest BCUT2D eigenvalue weighted by atomic mass is 127. The van der Waals surface area contributed by atoms with Crippen LogP contribution >= 0.6 is 22.6 Å². The van der Waals surface area contributed by atoms with Gasteiger partial charge in [-0.05, 0) is 17.7 Å². The topological polar surface area (TPSA) is 46.9 Å². The van der Waals surface area contributed by atoms with Crippen LogP contribution in [0.5, 0.6) is 0 Å². The van der Waals surface area contributed by atoms with Gasteiger partial charge in [0, 0.05) is 17.4 Å². The Balaban J connectivity index is 2.04. The highest BCUT2D eigenvalue weighted by Crippen LogP contribution is 2.39. The number of hydrogen-bond acceptors (Lipinski definition) is 2. The molecule has 0 aliphatic rings. The molecule has 1 heterocycles. The lowest BCUT2D eigenvalue weighted by Gasteiger charge is -2.16. The molecule has 0 saturated carbocycles. The number of halogens is 7. The monoisotopic (exact) mass is 539 g/mol. The first kappa shape index (κ1) is 22.1. The average molecular weight is 539 g/mol. The van der Waals surface area contributed by atoms with E-state index in [1.807, 2.05) is 0 Å². The van der Waals surface area contributed by atoms with Gasteiger partial charge in [-0.2, -0.15) is 31.4 Å². The molecular weight excluding hydrogens is 527 g/mol. The summed E-state index contributed by atoms with van der Waals surface area (Å²) in [6, 6.07) is 10.3. The van der Waals surface area contributed by atoms with Crippen LogP contribution in [0, 0.1) is 0 Å². The van der Waals surface area contributed by atoms with E-state index in [4.69, 9.17) is 0 Å². The smallest absolute Gasteiger partial charge is 0.321 e. The minimum atomic E-state index is -4.87. The van der Waals surface area contributed by atoms with Gasteiger partial charge in [0.25, 0.3) is 5.91 Å². The molecule has 0 radical (unpaired) electrons. The van der Waals surface area contributed by atoms with Crippen LogP contribution in [0.25, 0.3) is 11.1 Å². The number of rotatable bonds is 4. The Kier molecular flexibility index (Phi) is 6.11. The van der Waals surface area contributed by atoms with Crippen molar-refractivity contribution >= 4 is 34.2 Å². The molecule has 0 saturated heterocycles. The number of para-hydroxylation sites is 1. The molecule has 2 aromatic carbocycles. The first-order valence-corrected chi connectivity index (χ1v) is 9.82. The summed E-state index contributed by atoms with van der Waals surface area (Å²) in [4.78, 5) is 12.6. The van der Waals surface area contributed by atoms with Crippen LogP contribution in [-0.4, -0.2) is 15.7 Å². The van der Waals surface area contributed by atoms with E-state index in [0.717, 1.165) is 16.9 Å². The van der Waals surface area contributed by atoms with Crippen LogP contribution < -0.4 is 5.32 Å². The molecule has 1 N–H and O–H groups in total. The molecule has 0 fully saturated rings. The third-order valence-corrected chi connectivity index (χ3v) is 4.79. The maximum absolute atomic E-state index is 13.4. The van der Waals surface area contributed by atoms with Gasteiger partial charge < -0.3 is 5.32 Å². The fourth-order valence-electron chi connectivity index (χ4n) is 2.84. The molecule has 0 unspecified atom stereocenters. The van der Waals surface area contributed by atoms with Crippen LogP contribution in [-0.2, 0) is 16.9 Å². The van der Waals surface area contributed by atoms with E-state index in [9.17, 15) is 31.1 Å². The van der Waals surface area contributed by atoms with Crippen LogP contribution in [0.2, 0.25) is 0 Å². The molecule has 0 aliphatic heterocycles. The van der Waals surface area contributed by atoms with Crippen molar-refractivity contribution in [1.82, 2.24) is 9.78 Å². The van der Waals surface area contributed by atoms with Crippen molar-refractivity contribution in [3.63, 3.8) is 0 Å². The van der Waals surface area contributed by atoms with Crippen molar-refractivity contribution in [1.29, 1.82) is 0 Å². The number of carbonyl (C=O) groups is 1. The van der Waals surface area contributed by atoms with Crippen molar-refractivity contribution in [2.45, 2.75) is 16.9 Å². The maximum atomic E-state index is 13.4. The number of amides is 1. The lowest BCUT2D eigenvalue weighted by atomic mass is 9.97. The molecule has 1 aromatic heterocycles. The zero-order valence-electron chi connectivity index (χ0n) is 14.9. The first-order chi connectivity index (χ1) is 14.0. The molecule has 158 valence electrons. The number of hydrogen-bond donors (Lipinski definition) is 1. The quantitative estimate of drug-likeness (QED) is 0.243. The predicted molar refractivity (Wildman–Crippen MR) is 106 cm³/mol. The summed E-state index contributed by atoms with van der Waals surface area (Å²) in [7, 11) is 0. The van der Waals surface area contributed by atoms with Crippen molar-refractivity contribution < 1.29 is 31.1 Å². The SMILES string of the molecule is O=C(Nc1ccccc1-c1ccccc1C(F)(F)F)c1cn(CI)nc1C(F)(F)F. The predicted octanol–water partition coefficient (Wildman–Crippen LogP) is 6.23. The van der Waals surface area contributed by atoms with Crippen molar-refractivity contribution in [3.8, 4) is 11.1 Å². The molecule has 0 atom stereocenters. The number of nitrogens with one attached hydrogen (secondary N) is 1. The molecule has 0 aliphatic carbocycles. The molecule has 0 spiro atoms. The van der Waals surface area contributed by atoms with Crippen molar-refractivity contribution in [3.05, 3.63) is 71.5 Å². The Morgan fingerprint density at radius 1 is 0.933 bits per heavy atom. The maximum Gasteiger partial charge on any atom is 0.435 e. The van der Waals surface area contributed by atoms with Gasteiger partial charge in [-0.1, -0.05) is 59.0 Å². The number of aromatic nitrogens is 2. The summed E-state index contributed by atoms with van der Waals surface area (Å²) in [5.74, 6) is -1.13. The molecule has 11 heteroatoms. The largest absolute Gasteiger partial charge is 0.435 e. The van der Waals surface area contributed by atoms with E-state index in [2.05, 4.69) is 10.4 Å². The lowest BCUT2D eigenvalue weighted by molar-refractivity contribution is -0.141.